The maximum Gasteiger partial charge on any atom is 0.330 e. The van der Waals surface area contributed by atoms with Gasteiger partial charge in [-0.05, 0) is 6.92 Å². The zero-order valence-electron chi connectivity index (χ0n) is 17.3. The molecule has 4 atom stereocenters. The van der Waals surface area contributed by atoms with Gasteiger partial charge in [0.1, 0.15) is 25.4 Å². The first-order chi connectivity index (χ1) is 14.7. The van der Waals surface area contributed by atoms with Crippen molar-refractivity contribution in [3.8, 4) is 0 Å². The predicted molar refractivity (Wildman–Crippen MR) is 101 cm³/mol. The first-order valence-electron chi connectivity index (χ1n) is 9.49. The van der Waals surface area contributed by atoms with Crippen molar-refractivity contribution in [2.75, 3.05) is 26.4 Å². The van der Waals surface area contributed by atoms with E-state index >= 15 is 0 Å². The summed E-state index contributed by atoms with van der Waals surface area (Å²) in [7, 11) is 0. The number of carbonyl (C=O) groups is 2. The molecule has 13 nitrogen and oxygen atoms in total. The molecule has 0 amide bonds. The SMILES string of the molecule is CC(=O)OCCOC(OCCOC(C)=O)OC1[C@@H](O)[C@@H](C)O[C@H]1n1ccc(=O)[nH]c1=O. The molecule has 1 aliphatic rings. The Morgan fingerprint density at radius 2 is 1.71 bits per heavy atom. The standard InChI is InChI=1S/C18H26N2O11/c1-10-14(24)15(16(30-10)20-5-4-13(23)19-17(20)25)31-18(28-8-6-26-11(2)21)29-9-7-27-12(3)22/h4-5,10,14-16,18,24H,6-9H2,1-3H3,(H,19,23,25)/t10-,14+,15?,16-/m1/s1. The van der Waals surface area contributed by atoms with Gasteiger partial charge in [-0.3, -0.25) is 23.9 Å². The number of aromatic nitrogens is 2. The Labute approximate surface area is 176 Å². The smallest absolute Gasteiger partial charge is 0.330 e. The molecule has 2 N–H and O–H groups in total. The van der Waals surface area contributed by atoms with Gasteiger partial charge < -0.3 is 33.5 Å². The van der Waals surface area contributed by atoms with Crippen LogP contribution in [0.4, 0.5) is 0 Å². The Balaban J connectivity index is 2.10. The third-order valence-corrected chi connectivity index (χ3v) is 4.13. The minimum absolute atomic E-state index is 0.0779. The number of nitrogens with one attached hydrogen (secondary N) is 1. The fourth-order valence-corrected chi connectivity index (χ4v) is 2.73. The van der Waals surface area contributed by atoms with E-state index in [-0.39, 0.29) is 26.4 Å². The van der Waals surface area contributed by atoms with Crippen molar-refractivity contribution in [3.05, 3.63) is 33.1 Å². The molecule has 0 bridgehead atoms. The van der Waals surface area contributed by atoms with Gasteiger partial charge in [0.05, 0.1) is 19.3 Å². The average Bonchev–Trinajstić information content (AvgIpc) is 2.96. The molecule has 2 rings (SSSR count). The number of nitrogens with zero attached hydrogens (tertiary/aromatic N) is 1. The van der Waals surface area contributed by atoms with E-state index in [0.29, 0.717) is 0 Å². The van der Waals surface area contributed by atoms with Crippen molar-refractivity contribution in [2.45, 2.75) is 51.8 Å². The van der Waals surface area contributed by atoms with Gasteiger partial charge in [0, 0.05) is 26.1 Å². The van der Waals surface area contributed by atoms with Gasteiger partial charge in [-0.2, -0.15) is 0 Å². The maximum absolute atomic E-state index is 12.2. The van der Waals surface area contributed by atoms with Gasteiger partial charge >= 0.3 is 17.6 Å². The fourth-order valence-electron chi connectivity index (χ4n) is 2.73. The van der Waals surface area contributed by atoms with E-state index in [2.05, 4.69) is 4.98 Å². The molecule has 0 radical (unpaired) electrons. The van der Waals surface area contributed by atoms with Crippen molar-refractivity contribution in [1.82, 2.24) is 9.55 Å². The highest BCUT2D eigenvalue weighted by Gasteiger charge is 2.45. The number of aliphatic hydroxyl groups is 1. The number of H-pyrrole nitrogens is 1. The van der Waals surface area contributed by atoms with Crippen LogP contribution in [0, 0.1) is 0 Å². The van der Waals surface area contributed by atoms with Crippen LogP contribution in [-0.2, 0) is 38.0 Å². The first kappa shape index (κ1) is 24.7. The van der Waals surface area contributed by atoms with E-state index < -0.39 is 54.2 Å². The van der Waals surface area contributed by atoms with Gasteiger partial charge in [-0.1, -0.05) is 0 Å². The number of hydrogen-bond acceptors (Lipinski definition) is 11. The molecule has 174 valence electrons. The quantitative estimate of drug-likeness (QED) is 0.234. The summed E-state index contributed by atoms with van der Waals surface area (Å²) in [4.78, 5) is 47.3. The summed E-state index contributed by atoms with van der Waals surface area (Å²) < 4.78 is 32.8. The van der Waals surface area contributed by atoms with Gasteiger partial charge in [0.2, 0.25) is 0 Å². The molecule has 0 aliphatic carbocycles. The van der Waals surface area contributed by atoms with Gasteiger partial charge in [0.25, 0.3) is 12.0 Å². The number of aromatic amines is 1. The maximum atomic E-state index is 12.2. The fraction of sp³-hybridized carbons (Fsp3) is 0.667. The van der Waals surface area contributed by atoms with Crippen LogP contribution in [0.2, 0.25) is 0 Å². The van der Waals surface area contributed by atoms with Crippen LogP contribution in [0.25, 0.3) is 0 Å². The van der Waals surface area contributed by atoms with Gasteiger partial charge in [-0.15, -0.1) is 0 Å². The lowest BCUT2D eigenvalue weighted by Crippen LogP contribution is -2.42. The largest absolute Gasteiger partial charge is 0.463 e. The molecule has 0 aromatic carbocycles. The molecule has 0 spiro atoms. The molecule has 2 heterocycles. The first-order valence-corrected chi connectivity index (χ1v) is 9.49. The number of hydrogen-bond donors (Lipinski definition) is 2. The van der Waals surface area contributed by atoms with Crippen LogP contribution in [0.1, 0.15) is 27.0 Å². The second-order valence-corrected chi connectivity index (χ2v) is 6.55. The Morgan fingerprint density at radius 1 is 1.13 bits per heavy atom. The summed E-state index contributed by atoms with van der Waals surface area (Å²) >= 11 is 0. The topological polar surface area (TPSA) is 165 Å². The average molecular weight is 446 g/mol. The van der Waals surface area contributed by atoms with Crippen LogP contribution in [0.5, 0.6) is 0 Å². The molecule has 0 saturated carbocycles. The minimum atomic E-state index is -1.37. The summed E-state index contributed by atoms with van der Waals surface area (Å²) in [6.45, 7) is 2.33. The molecule has 1 unspecified atom stereocenters. The minimum Gasteiger partial charge on any atom is -0.463 e. The lowest BCUT2D eigenvalue weighted by Gasteiger charge is -2.27. The summed E-state index contributed by atoms with van der Waals surface area (Å²) in [5.74, 6) is -0.995. The number of carbonyl (C=O) groups excluding carboxylic acids is 2. The van der Waals surface area contributed by atoms with Crippen LogP contribution >= 0.6 is 0 Å². The van der Waals surface area contributed by atoms with E-state index in [0.717, 1.165) is 10.6 Å². The van der Waals surface area contributed by atoms with Crippen molar-refractivity contribution < 1.29 is 43.1 Å². The van der Waals surface area contributed by atoms with Crippen molar-refractivity contribution in [2.24, 2.45) is 0 Å². The molecule has 31 heavy (non-hydrogen) atoms. The zero-order chi connectivity index (χ0) is 23.0. The Kier molecular flexibility index (Phi) is 9.33. The van der Waals surface area contributed by atoms with E-state index in [1.807, 2.05) is 0 Å². The molecule has 1 aromatic rings. The van der Waals surface area contributed by atoms with Crippen molar-refractivity contribution in [1.29, 1.82) is 0 Å². The third kappa shape index (κ3) is 7.56. The highest BCUT2D eigenvalue weighted by Crippen LogP contribution is 2.31. The summed E-state index contributed by atoms with van der Waals surface area (Å²) in [5, 5.41) is 10.5. The van der Waals surface area contributed by atoms with Crippen LogP contribution in [0.15, 0.2) is 21.9 Å². The molecule has 1 saturated heterocycles. The highest BCUT2D eigenvalue weighted by atomic mass is 16.9. The van der Waals surface area contributed by atoms with Crippen molar-refractivity contribution in [3.63, 3.8) is 0 Å². The van der Waals surface area contributed by atoms with E-state index in [4.69, 9.17) is 28.4 Å². The van der Waals surface area contributed by atoms with Gasteiger partial charge in [-0.25, -0.2) is 4.79 Å². The molecular weight excluding hydrogens is 420 g/mol. The number of esters is 2. The third-order valence-electron chi connectivity index (χ3n) is 4.13. The van der Waals surface area contributed by atoms with Crippen LogP contribution < -0.4 is 11.2 Å². The number of rotatable bonds is 11. The lowest BCUT2D eigenvalue weighted by atomic mass is 10.1. The monoisotopic (exact) mass is 446 g/mol. The number of aliphatic hydroxyl groups excluding tert-OH is 1. The molecule has 13 heteroatoms. The Bertz CT molecular complexity index is 829. The highest BCUT2D eigenvalue weighted by molar-refractivity contribution is 5.66. The van der Waals surface area contributed by atoms with E-state index in [1.165, 1.54) is 20.0 Å². The molecule has 1 fully saturated rings. The molecule has 1 aromatic heterocycles. The lowest BCUT2D eigenvalue weighted by molar-refractivity contribution is -0.321. The summed E-state index contributed by atoms with van der Waals surface area (Å²) in [5.41, 5.74) is -1.35. The predicted octanol–water partition coefficient (Wildman–Crippen LogP) is -1.36. The Hall–Kier alpha value is -2.58. The second-order valence-electron chi connectivity index (χ2n) is 6.55. The molecule has 1 aliphatic heterocycles. The van der Waals surface area contributed by atoms with E-state index in [1.54, 1.807) is 6.92 Å². The molecular formula is C18H26N2O11. The second kappa shape index (κ2) is 11.7. The van der Waals surface area contributed by atoms with E-state index in [9.17, 15) is 24.3 Å². The normalized spacial score (nSPS) is 23.1. The van der Waals surface area contributed by atoms with Crippen LogP contribution in [-0.4, -0.2) is 77.8 Å². The Morgan fingerprint density at radius 3 is 2.23 bits per heavy atom. The summed E-state index contributed by atoms with van der Waals surface area (Å²) in [6, 6.07) is 1.12. The van der Waals surface area contributed by atoms with Crippen molar-refractivity contribution >= 4 is 11.9 Å². The van der Waals surface area contributed by atoms with Gasteiger partial charge in [0.15, 0.2) is 6.23 Å². The summed E-state index contributed by atoms with van der Waals surface area (Å²) in [6.07, 6.45) is -2.88. The zero-order valence-corrected chi connectivity index (χ0v) is 17.3. The van der Waals surface area contributed by atoms with Crippen LogP contribution in [0.3, 0.4) is 0 Å². The number of ether oxygens (including phenoxy) is 6.